The number of aromatic nitrogens is 2. The monoisotopic (exact) mass is 286 g/mol. The molecule has 0 atom stereocenters. The Balaban J connectivity index is 1.91. The van der Waals surface area contributed by atoms with Crippen molar-refractivity contribution in [3.63, 3.8) is 0 Å². The second-order valence-corrected chi connectivity index (χ2v) is 5.69. The lowest BCUT2D eigenvalue weighted by Crippen LogP contribution is -2.36. The summed E-state index contributed by atoms with van der Waals surface area (Å²) in [4.78, 5) is 11.8. The number of para-hydroxylation sites is 1. The maximum absolute atomic E-state index is 5.39. The minimum Gasteiger partial charge on any atom is -0.379 e. The predicted octanol–water partition coefficient (Wildman–Crippen LogP) is 2.28. The van der Waals surface area contributed by atoms with Gasteiger partial charge in [0.15, 0.2) is 0 Å². The van der Waals surface area contributed by atoms with Crippen molar-refractivity contribution in [3.05, 3.63) is 30.1 Å². The summed E-state index contributed by atoms with van der Waals surface area (Å²) in [5, 5.41) is 4.51. The summed E-state index contributed by atoms with van der Waals surface area (Å²) in [6.45, 7) is 8.51. The van der Waals surface area contributed by atoms with E-state index in [1.54, 1.807) is 0 Å². The summed E-state index contributed by atoms with van der Waals surface area (Å²) in [6, 6.07) is 8.51. The number of nitrogens with one attached hydrogen (secondary N) is 1. The molecule has 1 saturated heterocycles. The van der Waals surface area contributed by atoms with Gasteiger partial charge in [-0.15, -0.1) is 0 Å². The Bertz CT molecular complexity index is 608. The van der Waals surface area contributed by atoms with Gasteiger partial charge in [0.05, 0.1) is 25.3 Å². The average Bonchev–Trinajstić information content (AvgIpc) is 2.48. The third-order valence-corrected chi connectivity index (χ3v) is 3.54. The molecule has 0 saturated carbocycles. The molecule has 2 aromatic rings. The first-order chi connectivity index (χ1) is 10.2. The van der Waals surface area contributed by atoms with Gasteiger partial charge in [-0.1, -0.05) is 12.1 Å². The van der Waals surface area contributed by atoms with E-state index in [0.717, 1.165) is 55.4 Å². The number of nitrogens with zero attached hydrogens (tertiary/aromatic N) is 3. The Morgan fingerprint density at radius 1 is 1.19 bits per heavy atom. The van der Waals surface area contributed by atoms with E-state index in [1.807, 2.05) is 18.2 Å². The number of hydrogen-bond donors (Lipinski definition) is 1. The molecule has 1 N–H and O–H groups in total. The van der Waals surface area contributed by atoms with Gasteiger partial charge < -0.3 is 10.1 Å². The van der Waals surface area contributed by atoms with E-state index < -0.39 is 0 Å². The van der Waals surface area contributed by atoms with Gasteiger partial charge in [0.2, 0.25) is 0 Å². The van der Waals surface area contributed by atoms with Gasteiger partial charge >= 0.3 is 0 Å². The number of morpholine rings is 1. The SMILES string of the molecule is CC(C)Nc1nc(CN2CCOCC2)nc2ccccc12. The van der Waals surface area contributed by atoms with Crippen molar-refractivity contribution in [3.8, 4) is 0 Å². The molecule has 112 valence electrons. The number of rotatable bonds is 4. The van der Waals surface area contributed by atoms with Crippen molar-refractivity contribution < 1.29 is 4.74 Å². The Kier molecular flexibility index (Phi) is 4.31. The van der Waals surface area contributed by atoms with E-state index in [2.05, 4.69) is 30.1 Å². The summed E-state index contributed by atoms with van der Waals surface area (Å²) in [7, 11) is 0. The predicted molar refractivity (Wildman–Crippen MR) is 84.4 cm³/mol. The molecule has 5 nitrogen and oxygen atoms in total. The Hall–Kier alpha value is -1.72. The van der Waals surface area contributed by atoms with Crippen LogP contribution < -0.4 is 5.32 Å². The van der Waals surface area contributed by atoms with Crippen LogP contribution in [-0.4, -0.2) is 47.2 Å². The molecular formula is C16H22N4O. The lowest BCUT2D eigenvalue weighted by Gasteiger charge is -2.26. The Morgan fingerprint density at radius 3 is 2.71 bits per heavy atom. The topological polar surface area (TPSA) is 50.3 Å². The average molecular weight is 286 g/mol. The highest BCUT2D eigenvalue weighted by molar-refractivity contribution is 5.89. The van der Waals surface area contributed by atoms with Crippen LogP contribution in [0.3, 0.4) is 0 Å². The normalized spacial score (nSPS) is 16.5. The van der Waals surface area contributed by atoms with Gasteiger partial charge in [0.25, 0.3) is 0 Å². The number of fused-ring (bicyclic) bond motifs is 1. The van der Waals surface area contributed by atoms with Crippen molar-refractivity contribution in [1.82, 2.24) is 14.9 Å². The second kappa shape index (κ2) is 6.37. The molecule has 1 aliphatic heterocycles. The first-order valence-electron chi connectivity index (χ1n) is 7.54. The fraction of sp³-hybridized carbons (Fsp3) is 0.500. The highest BCUT2D eigenvalue weighted by Gasteiger charge is 2.14. The maximum atomic E-state index is 5.39. The maximum Gasteiger partial charge on any atom is 0.145 e. The minimum absolute atomic E-state index is 0.347. The number of anilines is 1. The molecule has 0 spiro atoms. The zero-order chi connectivity index (χ0) is 14.7. The van der Waals surface area contributed by atoms with Crippen LogP contribution in [0.1, 0.15) is 19.7 Å². The molecule has 21 heavy (non-hydrogen) atoms. The van der Waals surface area contributed by atoms with Gasteiger partial charge in [0.1, 0.15) is 11.6 Å². The summed E-state index contributed by atoms with van der Waals surface area (Å²) >= 11 is 0. The first-order valence-corrected chi connectivity index (χ1v) is 7.54. The fourth-order valence-electron chi connectivity index (χ4n) is 2.54. The third-order valence-electron chi connectivity index (χ3n) is 3.54. The zero-order valence-electron chi connectivity index (χ0n) is 12.7. The molecule has 0 amide bonds. The molecule has 0 radical (unpaired) electrons. The molecule has 0 bridgehead atoms. The largest absolute Gasteiger partial charge is 0.379 e. The van der Waals surface area contributed by atoms with Crippen LogP contribution in [-0.2, 0) is 11.3 Å². The van der Waals surface area contributed by atoms with Crippen LogP contribution in [0.25, 0.3) is 10.9 Å². The van der Waals surface area contributed by atoms with Crippen molar-refractivity contribution in [2.75, 3.05) is 31.6 Å². The van der Waals surface area contributed by atoms with Gasteiger partial charge in [-0.05, 0) is 26.0 Å². The van der Waals surface area contributed by atoms with Crippen molar-refractivity contribution >= 4 is 16.7 Å². The third kappa shape index (κ3) is 3.49. The summed E-state index contributed by atoms with van der Waals surface area (Å²) < 4.78 is 5.39. The number of benzene rings is 1. The van der Waals surface area contributed by atoms with E-state index in [4.69, 9.17) is 14.7 Å². The quantitative estimate of drug-likeness (QED) is 0.934. The summed E-state index contributed by atoms with van der Waals surface area (Å²) in [5.41, 5.74) is 0.999. The number of hydrogen-bond acceptors (Lipinski definition) is 5. The molecule has 0 unspecified atom stereocenters. The molecule has 1 fully saturated rings. The summed E-state index contributed by atoms with van der Waals surface area (Å²) in [6.07, 6.45) is 0. The van der Waals surface area contributed by atoms with Crippen LogP contribution in [0.15, 0.2) is 24.3 Å². The van der Waals surface area contributed by atoms with E-state index in [0.29, 0.717) is 6.04 Å². The van der Waals surface area contributed by atoms with Gasteiger partial charge in [-0.3, -0.25) is 4.90 Å². The van der Waals surface area contributed by atoms with Crippen molar-refractivity contribution in [2.45, 2.75) is 26.4 Å². The fourth-order valence-corrected chi connectivity index (χ4v) is 2.54. The molecule has 0 aliphatic carbocycles. The molecule has 1 aliphatic rings. The molecule has 5 heteroatoms. The van der Waals surface area contributed by atoms with E-state index in [9.17, 15) is 0 Å². The smallest absolute Gasteiger partial charge is 0.145 e. The first kappa shape index (κ1) is 14.2. The van der Waals surface area contributed by atoms with Crippen LogP contribution in [0.4, 0.5) is 5.82 Å². The molecular weight excluding hydrogens is 264 g/mol. The van der Waals surface area contributed by atoms with Gasteiger partial charge in [-0.25, -0.2) is 9.97 Å². The molecule has 1 aromatic heterocycles. The summed E-state index contributed by atoms with van der Waals surface area (Å²) in [5.74, 6) is 1.80. The van der Waals surface area contributed by atoms with Crippen molar-refractivity contribution in [2.24, 2.45) is 0 Å². The van der Waals surface area contributed by atoms with Crippen LogP contribution in [0.2, 0.25) is 0 Å². The Labute approximate surface area is 125 Å². The van der Waals surface area contributed by atoms with Crippen LogP contribution in [0, 0.1) is 0 Å². The lowest BCUT2D eigenvalue weighted by molar-refractivity contribution is 0.0331. The molecule has 2 heterocycles. The minimum atomic E-state index is 0.347. The highest BCUT2D eigenvalue weighted by Crippen LogP contribution is 2.21. The van der Waals surface area contributed by atoms with E-state index in [1.165, 1.54) is 0 Å². The second-order valence-electron chi connectivity index (χ2n) is 5.69. The van der Waals surface area contributed by atoms with Crippen molar-refractivity contribution in [1.29, 1.82) is 0 Å². The zero-order valence-corrected chi connectivity index (χ0v) is 12.7. The molecule has 3 rings (SSSR count). The van der Waals surface area contributed by atoms with E-state index >= 15 is 0 Å². The molecule has 1 aromatic carbocycles. The highest BCUT2D eigenvalue weighted by atomic mass is 16.5. The van der Waals surface area contributed by atoms with Gasteiger partial charge in [-0.2, -0.15) is 0 Å². The van der Waals surface area contributed by atoms with Gasteiger partial charge in [0, 0.05) is 24.5 Å². The van der Waals surface area contributed by atoms with Crippen LogP contribution in [0.5, 0.6) is 0 Å². The standard InChI is InChI=1S/C16H22N4O/c1-12(2)17-16-13-5-3-4-6-14(13)18-15(19-16)11-20-7-9-21-10-8-20/h3-6,12H,7-11H2,1-2H3,(H,17,18,19). The lowest BCUT2D eigenvalue weighted by atomic mass is 10.2. The van der Waals surface area contributed by atoms with E-state index in [-0.39, 0.29) is 0 Å². The Morgan fingerprint density at radius 2 is 1.95 bits per heavy atom. The number of ether oxygens (including phenoxy) is 1. The van der Waals surface area contributed by atoms with Crippen LogP contribution >= 0.6 is 0 Å².